The van der Waals surface area contributed by atoms with Crippen molar-refractivity contribution in [3.8, 4) is 0 Å². The van der Waals surface area contributed by atoms with Crippen molar-refractivity contribution in [2.24, 2.45) is 0 Å². The maximum Gasteiger partial charge on any atom is 0.321 e. The number of nitrogens with one attached hydrogen (secondary N) is 2. The zero-order chi connectivity index (χ0) is 17.6. The Kier molecular flexibility index (Phi) is 6.20. The molecule has 1 saturated carbocycles. The van der Waals surface area contributed by atoms with E-state index in [2.05, 4.69) is 10.6 Å². The van der Waals surface area contributed by atoms with Crippen LogP contribution in [0.4, 0.5) is 4.79 Å². The van der Waals surface area contributed by atoms with Gasteiger partial charge in [0.1, 0.15) is 0 Å². The van der Waals surface area contributed by atoms with E-state index in [4.69, 9.17) is 16.3 Å². The fourth-order valence-corrected chi connectivity index (χ4v) is 2.75. The summed E-state index contributed by atoms with van der Waals surface area (Å²) in [6, 6.07) is 6.49. The lowest BCUT2D eigenvalue weighted by Crippen LogP contribution is -2.46. The molecule has 0 aromatic heterocycles. The molecule has 2 N–H and O–H groups in total. The van der Waals surface area contributed by atoms with Gasteiger partial charge in [-0.15, -0.1) is 0 Å². The fraction of sp³-hybridized carbons (Fsp3) is 0.471. The first-order valence-corrected chi connectivity index (χ1v) is 8.36. The van der Waals surface area contributed by atoms with Crippen LogP contribution in [-0.2, 0) is 19.7 Å². The minimum atomic E-state index is -0.713. The topological polar surface area (TPSA) is 84.5 Å². The van der Waals surface area contributed by atoms with Gasteiger partial charge in [-0.25, -0.2) is 4.79 Å². The van der Waals surface area contributed by atoms with Gasteiger partial charge in [0.05, 0.1) is 5.41 Å². The lowest BCUT2D eigenvalue weighted by atomic mass is 9.64. The van der Waals surface area contributed by atoms with Gasteiger partial charge >= 0.3 is 12.0 Å². The van der Waals surface area contributed by atoms with Crippen LogP contribution in [0.1, 0.15) is 38.2 Å². The van der Waals surface area contributed by atoms with Gasteiger partial charge < -0.3 is 10.1 Å². The van der Waals surface area contributed by atoms with Crippen molar-refractivity contribution in [1.82, 2.24) is 10.6 Å². The molecule has 0 spiro atoms. The highest BCUT2D eigenvalue weighted by atomic mass is 35.5. The molecule has 1 aliphatic carbocycles. The Hall–Kier alpha value is -2.08. The molecule has 24 heavy (non-hydrogen) atoms. The van der Waals surface area contributed by atoms with Gasteiger partial charge in [0.2, 0.25) is 0 Å². The van der Waals surface area contributed by atoms with Crippen LogP contribution in [0, 0.1) is 0 Å². The third kappa shape index (κ3) is 4.26. The van der Waals surface area contributed by atoms with E-state index in [-0.39, 0.29) is 0 Å². The average molecular weight is 353 g/mol. The molecular weight excluding hydrogens is 332 g/mol. The molecule has 3 amide bonds. The maximum absolute atomic E-state index is 12.5. The molecule has 1 aromatic carbocycles. The van der Waals surface area contributed by atoms with Gasteiger partial charge in [-0.2, -0.15) is 0 Å². The summed E-state index contributed by atoms with van der Waals surface area (Å²) < 4.78 is 5.14. The van der Waals surface area contributed by atoms with E-state index in [0.29, 0.717) is 24.4 Å². The van der Waals surface area contributed by atoms with Gasteiger partial charge in [-0.1, -0.05) is 37.1 Å². The van der Waals surface area contributed by atoms with E-state index in [1.165, 1.54) is 0 Å². The molecule has 0 saturated heterocycles. The molecule has 0 bridgehead atoms. The monoisotopic (exact) mass is 352 g/mol. The molecule has 0 radical (unpaired) electrons. The standard InChI is InChI=1S/C17H21ClN2O4/c1-2-10-19-16(23)20-14(21)11-24-15(22)17(8-3-9-17)12-4-6-13(18)7-5-12/h4-7H,2-3,8-11H2,1H3,(H2,19,20,21,23). The van der Waals surface area contributed by atoms with E-state index in [1.54, 1.807) is 24.3 Å². The number of amides is 3. The van der Waals surface area contributed by atoms with Gasteiger partial charge in [-0.05, 0) is 37.0 Å². The maximum atomic E-state index is 12.5. The number of halogens is 1. The smallest absolute Gasteiger partial charge is 0.321 e. The number of hydrogen-bond acceptors (Lipinski definition) is 4. The van der Waals surface area contributed by atoms with Crippen molar-refractivity contribution in [2.75, 3.05) is 13.2 Å². The Balaban J connectivity index is 1.90. The predicted molar refractivity (Wildman–Crippen MR) is 89.8 cm³/mol. The number of carbonyl (C=O) groups excluding carboxylic acids is 3. The van der Waals surface area contributed by atoms with Crippen molar-refractivity contribution in [3.63, 3.8) is 0 Å². The Bertz CT molecular complexity index is 612. The molecule has 0 unspecified atom stereocenters. The first-order valence-electron chi connectivity index (χ1n) is 7.99. The van der Waals surface area contributed by atoms with Crippen molar-refractivity contribution in [3.05, 3.63) is 34.9 Å². The van der Waals surface area contributed by atoms with Crippen LogP contribution in [-0.4, -0.2) is 31.1 Å². The first kappa shape index (κ1) is 18.3. The van der Waals surface area contributed by atoms with Crippen molar-refractivity contribution < 1.29 is 19.1 Å². The molecule has 0 aliphatic heterocycles. The third-order valence-electron chi connectivity index (χ3n) is 4.12. The molecule has 1 fully saturated rings. The second-order valence-corrected chi connectivity index (χ2v) is 6.26. The van der Waals surface area contributed by atoms with Crippen LogP contribution < -0.4 is 10.6 Å². The second-order valence-electron chi connectivity index (χ2n) is 5.82. The quantitative estimate of drug-likeness (QED) is 0.770. The number of rotatable bonds is 6. The van der Waals surface area contributed by atoms with Crippen molar-refractivity contribution >= 4 is 29.5 Å². The van der Waals surface area contributed by atoms with Gasteiger partial charge in [-0.3, -0.25) is 14.9 Å². The van der Waals surface area contributed by atoms with E-state index < -0.39 is 29.9 Å². The first-order chi connectivity index (χ1) is 11.5. The Morgan fingerprint density at radius 2 is 1.88 bits per heavy atom. The lowest BCUT2D eigenvalue weighted by Gasteiger charge is -2.39. The zero-order valence-corrected chi connectivity index (χ0v) is 14.3. The number of esters is 1. The summed E-state index contributed by atoms with van der Waals surface area (Å²) >= 11 is 5.88. The fourth-order valence-electron chi connectivity index (χ4n) is 2.62. The third-order valence-corrected chi connectivity index (χ3v) is 4.37. The summed E-state index contributed by atoms with van der Waals surface area (Å²) in [5.74, 6) is -1.09. The summed E-state index contributed by atoms with van der Waals surface area (Å²) in [5.41, 5.74) is 0.124. The Morgan fingerprint density at radius 1 is 1.21 bits per heavy atom. The number of hydrogen-bond donors (Lipinski definition) is 2. The van der Waals surface area contributed by atoms with Gasteiger partial charge in [0.25, 0.3) is 5.91 Å². The number of benzene rings is 1. The molecular formula is C17H21ClN2O4. The summed E-state index contributed by atoms with van der Waals surface area (Å²) in [6.07, 6.45) is 3.03. The normalized spacial score (nSPS) is 15.1. The largest absolute Gasteiger partial charge is 0.455 e. The Morgan fingerprint density at radius 3 is 2.42 bits per heavy atom. The van der Waals surface area contributed by atoms with Crippen LogP contribution in [0.3, 0.4) is 0 Å². The summed E-state index contributed by atoms with van der Waals surface area (Å²) in [5, 5.41) is 5.23. The number of imide groups is 1. The SMILES string of the molecule is CCCNC(=O)NC(=O)COC(=O)C1(c2ccc(Cl)cc2)CCC1. The second kappa shape index (κ2) is 8.15. The number of ether oxygens (including phenoxy) is 1. The molecule has 1 aliphatic rings. The minimum Gasteiger partial charge on any atom is -0.455 e. The highest BCUT2D eigenvalue weighted by molar-refractivity contribution is 6.30. The molecule has 6 nitrogen and oxygen atoms in total. The molecule has 7 heteroatoms. The summed E-state index contributed by atoms with van der Waals surface area (Å²) in [4.78, 5) is 35.5. The average Bonchev–Trinajstić information content (AvgIpc) is 2.51. The van der Waals surface area contributed by atoms with E-state index in [9.17, 15) is 14.4 Å². The molecule has 2 rings (SSSR count). The van der Waals surface area contributed by atoms with Crippen LogP contribution in [0.15, 0.2) is 24.3 Å². The molecule has 130 valence electrons. The highest BCUT2D eigenvalue weighted by Crippen LogP contribution is 2.45. The summed E-state index contributed by atoms with van der Waals surface area (Å²) in [6.45, 7) is 1.89. The number of carbonyl (C=O) groups is 3. The van der Waals surface area contributed by atoms with Crippen LogP contribution in [0.5, 0.6) is 0 Å². The predicted octanol–water partition coefficient (Wildman–Crippen LogP) is 2.54. The highest BCUT2D eigenvalue weighted by Gasteiger charge is 2.47. The summed E-state index contributed by atoms with van der Waals surface area (Å²) in [7, 11) is 0. The van der Waals surface area contributed by atoms with Crippen molar-refractivity contribution in [2.45, 2.75) is 38.0 Å². The Labute approximate surface area is 145 Å². The van der Waals surface area contributed by atoms with E-state index in [0.717, 1.165) is 18.4 Å². The molecule has 1 aromatic rings. The van der Waals surface area contributed by atoms with Crippen LogP contribution >= 0.6 is 11.6 Å². The van der Waals surface area contributed by atoms with Crippen molar-refractivity contribution in [1.29, 1.82) is 0 Å². The molecule has 0 heterocycles. The lowest BCUT2D eigenvalue weighted by molar-refractivity contribution is -0.157. The van der Waals surface area contributed by atoms with Gasteiger partial charge in [0.15, 0.2) is 6.61 Å². The minimum absolute atomic E-state index is 0.444. The van der Waals surface area contributed by atoms with E-state index in [1.807, 2.05) is 6.92 Å². The number of urea groups is 1. The molecule has 0 atom stereocenters. The van der Waals surface area contributed by atoms with Gasteiger partial charge in [0, 0.05) is 11.6 Å². The van der Waals surface area contributed by atoms with E-state index >= 15 is 0 Å². The zero-order valence-electron chi connectivity index (χ0n) is 13.6. The van der Waals surface area contributed by atoms with Crippen LogP contribution in [0.25, 0.3) is 0 Å². The van der Waals surface area contributed by atoms with Crippen LogP contribution in [0.2, 0.25) is 5.02 Å².